The molecular weight excluding hydrogens is 471 g/mol. The summed E-state index contributed by atoms with van der Waals surface area (Å²) < 4.78 is 11.9. The van der Waals surface area contributed by atoms with E-state index in [0.717, 1.165) is 58.1 Å². The molecule has 2 saturated heterocycles. The molecule has 0 aromatic heterocycles. The molecule has 0 aromatic carbocycles. The average Bonchev–Trinajstić information content (AvgIpc) is 2.70. The number of hydrogen-bond acceptors (Lipinski definition) is 4. The molecule has 2 aliphatic rings. The number of amides is 1. The van der Waals surface area contributed by atoms with E-state index in [2.05, 4.69) is 22.5 Å². The number of likely N-dealkylation sites (tertiary alicyclic amines) is 1. The highest BCUT2D eigenvalue weighted by molar-refractivity contribution is 14.0. The molecule has 28 heavy (non-hydrogen) atoms. The Morgan fingerprint density at radius 3 is 2.54 bits per heavy atom. The number of rotatable bonds is 7. The van der Waals surface area contributed by atoms with Crippen molar-refractivity contribution < 1.29 is 14.3 Å². The predicted molar refractivity (Wildman–Crippen MR) is 123 cm³/mol. The molecule has 1 amide bonds. The first kappa shape index (κ1) is 25.4. The summed E-state index contributed by atoms with van der Waals surface area (Å²) in [7, 11) is 1.67. The number of ether oxygens (including phenoxy) is 2. The van der Waals surface area contributed by atoms with Gasteiger partial charge in [-0.05, 0) is 52.9 Å². The van der Waals surface area contributed by atoms with Crippen LogP contribution in [-0.4, -0.2) is 75.4 Å². The second kappa shape index (κ2) is 12.8. The minimum atomic E-state index is -0.517. The lowest BCUT2D eigenvalue weighted by Crippen LogP contribution is -2.48. The lowest BCUT2D eigenvalue weighted by Gasteiger charge is -2.35. The third-order valence-electron chi connectivity index (χ3n) is 5.33. The van der Waals surface area contributed by atoms with Crippen LogP contribution >= 0.6 is 24.0 Å². The van der Waals surface area contributed by atoms with Crippen LogP contribution in [0.25, 0.3) is 0 Å². The normalized spacial score (nSPS) is 21.8. The van der Waals surface area contributed by atoms with Crippen LogP contribution < -0.4 is 10.6 Å². The molecule has 2 rings (SSSR count). The number of nitrogens with zero attached hydrogens (tertiary/aromatic N) is 2. The summed E-state index contributed by atoms with van der Waals surface area (Å²) in [5.74, 6) is 0.905. The van der Waals surface area contributed by atoms with E-state index in [-0.39, 0.29) is 36.0 Å². The number of carbonyl (C=O) groups excluding carboxylic acids is 1. The zero-order valence-corrected chi connectivity index (χ0v) is 20.3. The van der Waals surface area contributed by atoms with Crippen molar-refractivity contribution in [1.29, 1.82) is 0 Å². The smallest absolute Gasteiger partial charge is 0.227 e. The molecule has 8 heteroatoms. The van der Waals surface area contributed by atoms with Crippen LogP contribution in [-0.2, 0) is 14.3 Å². The maximum absolute atomic E-state index is 12.0. The Bertz CT molecular complexity index is 488. The minimum absolute atomic E-state index is 0. The summed E-state index contributed by atoms with van der Waals surface area (Å²) in [6.45, 7) is 10.6. The van der Waals surface area contributed by atoms with Crippen molar-refractivity contribution in [2.24, 2.45) is 10.4 Å². The minimum Gasteiger partial charge on any atom is -0.376 e. The number of nitrogens with one attached hydrogen (secondary N) is 2. The number of halogens is 1. The Kier molecular flexibility index (Phi) is 11.7. The zero-order chi connectivity index (χ0) is 19.7. The first-order chi connectivity index (χ1) is 13.0. The molecule has 2 N–H and O–H groups in total. The lowest BCUT2D eigenvalue weighted by molar-refractivity contribution is -0.128. The van der Waals surface area contributed by atoms with E-state index in [9.17, 15) is 4.79 Å². The SMILES string of the molecule is CCNC(=NCC(C)(C)C(=O)NC)N1CCC(OCC2CCCCO2)CC1.I. The molecule has 2 aliphatic heterocycles. The van der Waals surface area contributed by atoms with Crippen molar-refractivity contribution in [3.63, 3.8) is 0 Å². The Labute approximate surface area is 187 Å². The van der Waals surface area contributed by atoms with Gasteiger partial charge in [-0.3, -0.25) is 9.79 Å². The Balaban J connectivity index is 0.00000392. The summed E-state index contributed by atoms with van der Waals surface area (Å²) in [6.07, 6.45) is 6.13. The molecule has 2 heterocycles. The molecule has 2 fully saturated rings. The summed E-state index contributed by atoms with van der Waals surface area (Å²) in [6, 6.07) is 0. The van der Waals surface area contributed by atoms with Gasteiger partial charge in [0.1, 0.15) is 0 Å². The summed E-state index contributed by atoms with van der Waals surface area (Å²) in [5.41, 5.74) is -0.517. The van der Waals surface area contributed by atoms with Crippen LogP contribution in [0.15, 0.2) is 4.99 Å². The zero-order valence-electron chi connectivity index (χ0n) is 18.0. The average molecular weight is 510 g/mol. The summed E-state index contributed by atoms with van der Waals surface area (Å²) in [5, 5.41) is 6.08. The Morgan fingerprint density at radius 2 is 1.96 bits per heavy atom. The van der Waals surface area contributed by atoms with Crippen molar-refractivity contribution in [2.75, 3.05) is 46.4 Å². The number of hydrogen-bond donors (Lipinski definition) is 2. The predicted octanol–water partition coefficient (Wildman–Crippen LogP) is 2.39. The van der Waals surface area contributed by atoms with E-state index in [0.29, 0.717) is 12.6 Å². The van der Waals surface area contributed by atoms with E-state index in [4.69, 9.17) is 14.5 Å². The highest BCUT2D eigenvalue weighted by Gasteiger charge is 2.28. The van der Waals surface area contributed by atoms with Gasteiger partial charge in [0.2, 0.25) is 5.91 Å². The van der Waals surface area contributed by atoms with E-state index >= 15 is 0 Å². The summed E-state index contributed by atoms with van der Waals surface area (Å²) >= 11 is 0. The fraction of sp³-hybridized carbons (Fsp3) is 0.900. The van der Waals surface area contributed by atoms with Gasteiger partial charge < -0.3 is 25.0 Å². The number of carbonyl (C=O) groups is 1. The molecule has 0 saturated carbocycles. The first-order valence-electron chi connectivity index (χ1n) is 10.4. The largest absolute Gasteiger partial charge is 0.376 e. The molecule has 0 aliphatic carbocycles. The second-order valence-electron chi connectivity index (χ2n) is 8.14. The molecule has 0 radical (unpaired) electrons. The molecule has 0 bridgehead atoms. The number of piperidine rings is 1. The topological polar surface area (TPSA) is 75.2 Å². The van der Waals surface area contributed by atoms with Gasteiger partial charge in [0.25, 0.3) is 0 Å². The quantitative estimate of drug-likeness (QED) is 0.313. The third-order valence-corrected chi connectivity index (χ3v) is 5.33. The fourth-order valence-electron chi connectivity index (χ4n) is 3.53. The number of aliphatic imine (C=N–C) groups is 1. The molecule has 1 unspecified atom stereocenters. The molecule has 7 nitrogen and oxygen atoms in total. The standard InChI is InChI=1S/C20H38N4O3.HI/c1-5-22-19(23-15-20(2,3)18(25)21-4)24-11-9-16(10-12-24)27-14-17-8-6-7-13-26-17;/h16-17H,5-15H2,1-4H3,(H,21,25)(H,22,23);1H. The summed E-state index contributed by atoms with van der Waals surface area (Å²) in [4.78, 5) is 19.0. The van der Waals surface area contributed by atoms with Crippen LogP contribution in [0.5, 0.6) is 0 Å². The van der Waals surface area contributed by atoms with Gasteiger partial charge in [0.05, 0.1) is 30.8 Å². The van der Waals surface area contributed by atoms with Crippen molar-refractivity contribution in [1.82, 2.24) is 15.5 Å². The van der Waals surface area contributed by atoms with Gasteiger partial charge >= 0.3 is 0 Å². The Hall–Kier alpha value is -0.610. The van der Waals surface area contributed by atoms with Gasteiger partial charge in [-0.15, -0.1) is 24.0 Å². The van der Waals surface area contributed by atoms with E-state index in [1.807, 2.05) is 13.8 Å². The Morgan fingerprint density at radius 1 is 1.25 bits per heavy atom. The van der Waals surface area contributed by atoms with Crippen molar-refractivity contribution >= 4 is 35.8 Å². The molecular formula is C20H39IN4O3. The highest BCUT2D eigenvalue weighted by atomic mass is 127. The maximum Gasteiger partial charge on any atom is 0.227 e. The van der Waals surface area contributed by atoms with Crippen LogP contribution in [0.1, 0.15) is 52.9 Å². The lowest BCUT2D eigenvalue weighted by atomic mass is 9.93. The van der Waals surface area contributed by atoms with Crippen LogP contribution in [0, 0.1) is 5.41 Å². The molecule has 164 valence electrons. The molecule has 1 atom stereocenters. The van der Waals surface area contributed by atoms with E-state index in [1.54, 1.807) is 7.05 Å². The fourth-order valence-corrected chi connectivity index (χ4v) is 3.53. The van der Waals surface area contributed by atoms with Crippen molar-refractivity contribution in [2.45, 2.75) is 65.1 Å². The van der Waals surface area contributed by atoms with Crippen molar-refractivity contribution in [3.8, 4) is 0 Å². The van der Waals surface area contributed by atoms with E-state index < -0.39 is 5.41 Å². The molecule has 0 spiro atoms. The third kappa shape index (κ3) is 8.02. The molecule has 0 aromatic rings. The highest BCUT2D eigenvalue weighted by Crippen LogP contribution is 2.19. The van der Waals surface area contributed by atoms with Gasteiger partial charge in [0, 0.05) is 33.3 Å². The van der Waals surface area contributed by atoms with Crippen molar-refractivity contribution in [3.05, 3.63) is 0 Å². The van der Waals surface area contributed by atoms with Crippen LogP contribution in [0.3, 0.4) is 0 Å². The van der Waals surface area contributed by atoms with Crippen LogP contribution in [0.2, 0.25) is 0 Å². The maximum atomic E-state index is 12.0. The second-order valence-corrected chi connectivity index (χ2v) is 8.14. The van der Waals surface area contributed by atoms with Gasteiger partial charge in [-0.2, -0.15) is 0 Å². The van der Waals surface area contributed by atoms with Gasteiger partial charge in [0.15, 0.2) is 5.96 Å². The first-order valence-corrected chi connectivity index (χ1v) is 10.4. The van der Waals surface area contributed by atoms with Gasteiger partial charge in [-0.1, -0.05) is 0 Å². The monoisotopic (exact) mass is 510 g/mol. The van der Waals surface area contributed by atoms with Crippen LogP contribution in [0.4, 0.5) is 0 Å². The van der Waals surface area contributed by atoms with Gasteiger partial charge in [-0.25, -0.2) is 0 Å². The number of guanidine groups is 1. The van der Waals surface area contributed by atoms with E-state index in [1.165, 1.54) is 12.8 Å².